The fraction of sp³-hybridized carbons (Fsp3) is 0.105. The standard InChI is InChI=1S/C19H15N3O5S/c1-12-8-9-14(10-16(12)22(24)25)20-18(23)11-21-15-6-2-4-13-5-3-7-17(19(13)15)28(21,26)27/h2-10H,11H2,1H3,(H,20,23). The molecule has 0 spiro atoms. The van der Waals surface area contributed by atoms with Crippen LogP contribution in [0.3, 0.4) is 0 Å². The highest BCUT2D eigenvalue weighted by Gasteiger charge is 2.36. The second kappa shape index (κ2) is 6.31. The van der Waals surface area contributed by atoms with E-state index < -0.39 is 27.4 Å². The number of rotatable bonds is 4. The summed E-state index contributed by atoms with van der Waals surface area (Å²) in [6.07, 6.45) is 0. The molecular formula is C19H15N3O5S. The molecule has 0 fully saturated rings. The Kier molecular flexibility index (Phi) is 4.04. The molecule has 0 atom stereocenters. The van der Waals surface area contributed by atoms with Crippen molar-refractivity contribution in [3.05, 3.63) is 70.3 Å². The molecule has 4 rings (SSSR count). The largest absolute Gasteiger partial charge is 0.324 e. The third-order valence-corrected chi connectivity index (χ3v) is 6.46. The first-order chi connectivity index (χ1) is 13.3. The molecule has 142 valence electrons. The average Bonchev–Trinajstić information content (AvgIpc) is 2.86. The SMILES string of the molecule is Cc1ccc(NC(=O)CN2c3cccc4cccc(c34)S2(=O)=O)cc1[N+](=O)[O-]. The van der Waals surface area contributed by atoms with Crippen LogP contribution in [0.5, 0.6) is 0 Å². The van der Waals surface area contributed by atoms with Crippen LogP contribution in [-0.4, -0.2) is 25.8 Å². The number of carbonyl (C=O) groups is 1. The van der Waals surface area contributed by atoms with E-state index in [2.05, 4.69) is 5.32 Å². The molecule has 28 heavy (non-hydrogen) atoms. The minimum absolute atomic E-state index is 0.122. The number of aryl methyl sites for hydroxylation is 1. The first-order valence-electron chi connectivity index (χ1n) is 8.38. The Morgan fingerprint density at radius 2 is 1.86 bits per heavy atom. The van der Waals surface area contributed by atoms with Crippen LogP contribution in [0.1, 0.15) is 5.56 Å². The maximum atomic E-state index is 12.9. The van der Waals surface area contributed by atoms with Gasteiger partial charge in [0.1, 0.15) is 6.54 Å². The van der Waals surface area contributed by atoms with E-state index in [-0.39, 0.29) is 16.3 Å². The maximum Gasteiger partial charge on any atom is 0.274 e. The van der Waals surface area contributed by atoms with E-state index in [4.69, 9.17) is 0 Å². The van der Waals surface area contributed by atoms with Crippen LogP contribution in [0, 0.1) is 17.0 Å². The number of hydrogen-bond acceptors (Lipinski definition) is 5. The van der Waals surface area contributed by atoms with Gasteiger partial charge in [-0.2, -0.15) is 0 Å². The molecule has 1 N–H and O–H groups in total. The second-order valence-corrected chi connectivity index (χ2v) is 8.28. The van der Waals surface area contributed by atoms with Gasteiger partial charge < -0.3 is 5.32 Å². The monoisotopic (exact) mass is 397 g/mol. The van der Waals surface area contributed by atoms with Crippen molar-refractivity contribution in [3.8, 4) is 0 Å². The van der Waals surface area contributed by atoms with Gasteiger partial charge in [0.25, 0.3) is 15.7 Å². The molecule has 8 nitrogen and oxygen atoms in total. The summed E-state index contributed by atoms with van der Waals surface area (Å²) in [5, 5.41) is 15.0. The highest BCUT2D eigenvalue weighted by atomic mass is 32.2. The Hall–Kier alpha value is -3.46. The third kappa shape index (κ3) is 2.76. The predicted octanol–water partition coefficient (Wildman–Crippen LogP) is 3.20. The summed E-state index contributed by atoms with van der Waals surface area (Å²) in [6, 6.07) is 14.5. The van der Waals surface area contributed by atoms with E-state index in [9.17, 15) is 23.3 Å². The Morgan fingerprint density at radius 1 is 1.14 bits per heavy atom. The second-order valence-electron chi connectivity index (χ2n) is 6.45. The number of nitrogens with one attached hydrogen (secondary N) is 1. The molecule has 0 bridgehead atoms. The zero-order chi connectivity index (χ0) is 20.1. The lowest BCUT2D eigenvalue weighted by Gasteiger charge is -2.18. The van der Waals surface area contributed by atoms with Crippen molar-refractivity contribution >= 4 is 43.8 Å². The summed E-state index contributed by atoms with van der Waals surface area (Å²) in [5.74, 6) is -0.591. The van der Waals surface area contributed by atoms with E-state index in [1.807, 2.05) is 12.1 Å². The lowest BCUT2D eigenvalue weighted by Crippen LogP contribution is -2.35. The molecule has 3 aromatic carbocycles. The smallest absolute Gasteiger partial charge is 0.274 e. The number of anilines is 2. The summed E-state index contributed by atoms with van der Waals surface area (Å²) >= 11 is 0. The number of hydrogen-bond donors (Lipinski definition) is 1. The minimum Gasteiger partial charge on any atom is -0.324 e. The number of nitro benzene ring substituents is 1. The first kappa shape index (κ1) is 17.9. The number of amides is 1. The first-order valence-corrected chi connectivity index (χ1v) is 9.82. The molecular weight excluding hydrogens is 382 g/mol. The third-order valence-electron chi connectivity index (χ3n) is 4.66. The van der Waals surface area contributed by atoms with Gasteiger partial charge in [0.2, 0.25) is 5.91 Å². The van der Waals surface area contributed by atoms with Gasteiger partial charge in [-0.15, -0.1) is 0 Å². The molecule has 1 heterocycles. The van der Waals surface area contributed by atoms with Gasteiger partial charge in [-0.3, -0.25) is 19.2 Å². The van der Waals surface area contributed by atoms with Crippen LogP contribution in [-0.2, 0) is 14.8 Å². The van der Waals surface area contributed by atoms with Gasteiger partial charge in [0, 0.05) is 22.7 Å². The lowest BCUT2D eigenvalue weighted by molar-refractivity contribution is -0.385. The van der Waals surface area contributed by atoms with Crippen molar-refractivity contribution in [2.45, 2.75) is 11.8 Å². The minimum atomic E-state index is -3.85. The van der Waals surface area contributed by atoms with Crippen LogP contribution in [0.25, 0.3) is 10.8 Å². The van der Waals surface area contributed by atoms with Crippen molar-refractivity contribution in [3.63, 3.8) is 0 Å². The topological polar surface area (TPSA) is 110 Å². The van der Waals surface area contributed by atoms with Crippen molar-refractivity contribution in [2.24, 2.45) is 0 Å². The summed E-state index contributed by atoms with van der Waals surface area (Å²) in [7, 11) is -3.85. The summed E-state index contributed by atoms with van der Waals surface area (Å²) in [5.41, 5.74) is 1.02. The Bertz CT molecular complexity index is 1250. The van der Waals surface area contributed by atoms with Crippen LogP contribution in [0.15, 0.2) is 59.5 Å². The Balaban J connectivity index is 1.64. The fourth-order valence-corrected chi connectivity index (χ4v) is 5.01. The number of benzene rings is 3. The predicted molar refractivity (Wildman–Crippen MR) is 105 cm³/mol. The van der Waals surface area contributed by atoms with E-state index >= 15 is 0 Å². The van der Waals surface area contributed by atoms with Crippen molar-refractivity contribution in [1.82, 2.24) is 0 Å². The van der Waals surface area contributed by atoms with E-state index in [1.165, 1.54) is 24.3 Å². The lowest BCUT2D eigenvalue weighted by atomic mass is 10.1. The van der Waals surface area contributed by atoms with Crippen molar-refractivity contribution < 1.29 is 18.1 Å². The quantitative estimate of drug-likeness (QED) is 0.537. The van der Waals surface area contributed by atoms with Crippen molar-refractivity contribution in [2.75, 3.05) is 16.2 Å². The molecule has 1 amide bonds. The van der Waals surface area contributed by atoms with Crippen LogP contribution < -0.4 is 9.62 Å². The Labute approximate surface area is 160 Å². The normalized spacial score (nSPS) is 14.2. The molecule has 3 aromatic rings. The maximum absolute atomic E-state index is 12.9. The van der Waals surface area contributed by atoms with Crippen LogP contribution in [0.4, 0.5) is 17.1 Å². The fourth-order valence-electron chi connectivity index (χ4n) is 3.34. The van der Waals surface area contributed by atoms with Gasteiger partial charge >= 0.3 is 0 Å². The van der Waals surface area contributed by atoms with Gasteiger partial charge in [-0.05, 0) is 30.5 Å². The van der Waals surface area contributed by atoms with Gasteiger partial charge in [-0.25, -0.2) is 8.42 Å². The molecule has 0 aromatic heterocycles. The zero-order valence-corrected chi connectivity index (χ0v) is 15.6. The van der Waals surface area contributed by atoms with Gasteiger partial charge in [0.15, 0.2) is 0 Å². The molecule has 0 aliphatic carbocycles. The molecule has 1 aliphatic heterocycles. The van der Waals surface area contributed by atoms with Crippen LogP contribution >= 0.6 is 0 Å². The highest BCUT2D eigenvalue weighted by molar-refractivity contribution is 7.93. The van der Waals surface area contributed by atoms with Crippen LogP contribution in [0.2, 0.25) is 0 Å². The van der Waals surface area contributed by atoms with Gasteiger partial charge in [0.05, 0.1) is 15.5 Å². The molecule has 9 heteroatoms. The summed E-state index contributed by atoms with van der Waals surface area (Å²) in [6.45, 7) is 1.16. The number of nitro groups is 1. The zero-order valence-electron chi connectivity index (χ0n) is 14.7. The molecule has 0 saturated heterocycles. The number of sulfonamides is 1. The molecule has 0 saturated carbocycles. The highest BCUT2D eigenvalue weighted by Crippen LogP contribution is 2.41. The van der Waals surface area contributed by atoms with Crippen molar-refractivity contribution in [1.29, 1.82) is 0 Å². The van der Waals surface area contributed by atoms with Gasteiger partial charge in [-0.1, -0.05) is 30.3 Å². The summed E-state index contributed by atoms with van der Waals surface area (Å²) < 4.78 is 26.9. The number of nitrogens with zero attached hydrogens (tertiary/aromatic N) is 2. The molecule has 0 unspecified atom stereocenters. The van der Waals surface area contributed by atoms with E-state index in [0.717, 1.165) is 9.69 Å². The average molecular weight is 397 g/mol. The molecule has 1 aliphatic rings. The van der Waals surface area contributed by atoms with E-state index in [0.29, 0.717) is 16.6 Å². The molecule has 0 radical (unpaired) electrons. The summed E-state index contributed by atoms with van der Waals surface area (Å²) in [4.78, 5) is 23.2. The van der Waals surface area contributed by atoms with E-state index in [1.54, 1.807) is 25.1 Å². The number of carbonyl (C=O) groups excluding carboxylic acids is 1. The Morgan fingerprint density at radius 3 is 2.57 bits per heavy atom.